The first-order valence-corrected chi connectivity index (χ1v) is 8.63. The first-order valence-electron chi connectivity index (χ1n) is 8.63. The van der Waals surface area contributed by atoms with Crippen molar-refractivity contribution in [3.8, 4) is 5.75 Å². The van der Waals surface area contributed by atoms with Crippen LogP contribution in [0.5, 0.6) is 5.75 Å². The first-order chi connectivity index (χ1) is 11.8. The molecule has 6 nitrogen and oxygen atoms in total. The van der Waals surface area contributed by atoms with Crippen molar-refractivity contribution < 1.29 is 14.3 Å². The molecule has 0 spiro atoms. The fraction of sp³-hybridized carbons (Fsp3) is 0.526. The second-order valence-corrected chi connectivity index (χ2v) is 7.74. The van der Waals surface area contributed by atoms with Crippen molar-refractivity contribution in [2.45, 2.75) is 40.0 Å². The molecule has 2 aliphatic carbocycles. The molecule has 2 fully saturated rings. The summed E-state index contributed by atoms with van der Waals surface area (Å²) >= 11 is 0. The number of carbonyl (C=O) groups is 2. The van der Waals surface area contributed by atoms with E-state index in [0.29, 0.717) is 11.7 Å². The van der Waals surface area contributed by atoms with Crippen LogP contribution in [-0.2, 0) is 4.79 Å². The number of carbonyl (C=O) groups excluding carboxylic acids is 2. The zero-order valence-corrected chi connectivity index (χ0v) is 15.0. The summed E-state index contributed by atoms with van der Waals surface area (Å²) in [4.78, 5) is 23.4. The van der Waals surface area contributed by atoms with Gasteiger partial charge in [-0.1, -0.05) is 32.9 Å². The normalized spacial score (nSPS) is 28.1. The van der Waals surface area contributed by atoms with Crippen molar-refractivity contribution >= 4 is 17.5 Å². The standard InChI is InChI=1S/C19H25N3O3/c1-18(2)12-8-9-19(18,3)15(10-12)21-22-16(23)11-25-14-7-5-4-6-13(14)17(20)24/h4-7,12H,8-11H2,1-3H3,(H2,20,24)(H,22,23)/b21-15+/t12-,19-/m1/s1. The molecule has 3 rings (SSSR count). The highest BCUT2D eigenvalue weighted by molar-refractivity contribution is 5.96. The topological polar surface area (TPSA) is 93.8 Å². The Morgan fingerprint density at radius 2 is 2.04 bits per heavy atom. The zero-order chi connectivity index (χ0) is 18.2. The minimum Gasteiger partial charge on any atom is -0.483 e. The average molecular weight is 343 g/mol. The number of hydrazone groups is 1. The number of nitrogens with zero attached hydrogens (tertiary/aromatic N) is 1. The van der Waals surface area contributed by atoms with Gasteiger partial charge >= 0.3 is 0 Å². The fourth-order valence-electron chi connectivity index (χ4n) is 4.20. The van der Waals surface area contributed by atoms with Crippen molar-refractivity contribution in [2.24, 2.45) is 27.6 Å². The van der Waals surface area contributed by atoms with Crippen LogP contribution in [0.2, 0.25) is 0 Å². The van der Waals surface area contributed by atoms with Crippen LogP contribution in [0.1, 0.15) is 50.4 Å². The van der Waals surface area contributed by atoms with Gasteiger partial charge in [0.15, 0.2) is 6.61 Å². The van der Waals surface area contributed by atoms with E-state index in [1.165, 1.54) is 6.42 Å². The number of hydrogen-bond acceptors (Lipinski definition) is 4. The van der Waals surface area contributed by atoms with Crippen molar-refractivity contribution in [3.63, 3.8) is 0 Å². The molecule has 6 heteroatoms. The Kier molecular flexibility index (Phi) is 4.31. The van der Waals surface area contributed by atoms with Crippen LogP contribution >= 0.6 is 0 Å². The summed E-state index contributed by atoms with van der Waals surface area (Å²) in [5.74, 6) is -0.0120. The second-order valence-electron chi connectivity index (χ2n) is 7.74. The van der Waals surface area contributed by atoms with Gasteiger partial charge < -0.3 is 10.5 Å². The monoisotopic (exact) mass is 343 g/mol. The lowest BCUT2D eigenvalue weighted by atomic mass is 9.70. The molecule has 3 N–H and O–H groups in total. The summed E-state index contributed by atoms with van der Waals surface area (Å²) < 4.78 is 5.42. The van der Waals surface area contributed by atoms with Crippen LogP contribution in [0, 0.1) is 16.7 Å². The molecule has 134 valence electrons. The number of nitrogens with one attached hydrogen (secondary N) is 1. The molecule has 0 heterocycles. The van der Waals surface area contributed by atoms with Crippen molar-refractivity contribution in [3.05, 3.63) is 29.8 Å². The molecule has 2 saturated carbocycles. The number of amides is 2. The van der Waals surface area contributed by atoms with E-state index in [1.54, 1.807) is 24.3 Å². The van der Waals surface area contributed by atoms with E-state index in [9.17, 15) is 9.59 Å². The average Bonchev–Trinajstić information content (AvgIpc) is 2.91. The van der Waals surface area contributed by atoms with E-state index in [0.717, 1.165) is 18.6 Å². The Hall–Kier alpha value is -2.37. The summed E-state index contributed by atoms with van der Waals surface area (Å²) in [6.07, 6.45) is 3.28. The van der Waals surface area contributed by atoms with Gasteiger partial charge in [-0.25, -0.2) is 5.43 Å². The van der Waals surface area contributed by atoms with Crippen molar-refractivity contribution in [1.82, 2.24) is 5.43 Å². The molecule has 0 saturated heterocycles. The first kappa shape index (κ1) is 17.5. The number of rotatable bonds is 5. The Bertz CT molecular complexity index is 741. The molecule has 2 aliphatic rings. The number of fused-ring (bicyclic) bond motifs is 2. The lowest BCUT2D eigenvalue weighted by Crippen LogP contribution is -2.35. The van der Waals surface area contributed by atoms with E-state index in [1.807, 2.05) is 0 Å². The van der Waals surface area contributed by atoms with Crippen molar-refractivity contribution in [2.75, 3.05) is 6.61 Å². The highest BCUT2D eigenvalue weighted by Gasteiger charge is 2.59. The molecule has 0 unspecified atom stereocenters. The second kappa shape index (κ2) is 6.17. The molecular weight excluding hydrogens is 318 g/mol. The molecular formula is C19H25N3O3. The van der Waals surface area contributed by atoms with Crippen LogP contribution < -0.4 is 15.9 Å². The maximum absolute atomic E-state index is 12.1. The number of para-hydroxylation sites is 1. The molecule has 2 amide bonds. The predicted molar refractivity (Wildman–Crippen MR) is 95.3 cm³/mol. The van der Waals surface area contributed by atoms with Gasteiger partial charge in [-0.3, -0.25) is 9.59 Å². The number of nitrogens with two attached hydrogens (primary N) is 1. The maximum atomic E-state index is 12.1. The lowest BCUT2D eigenvalue weighted by Gasteiger charge is -2.34. The molecule has 0 radical (unpaired) electrons. The molecule has 0 aromatic heterocycles. The van der Waals surface area contributed by atoms with Gasteiger partial charge in [0.05, 0.1) is 5.56 Å². The predicted octanol–water partition coefficient (Wildman–Crippen LogP) is 2.48. The summed E-state index contributed by atoms with van der Waals surface area (Å²) in [5, 5.41) is 4.39. The van der Waals surface area contributed by atoms with Crippen LogP contribution in [0.3, 0.4) is 0 Å². The third kappa shape index (κ3) is 2.90. The van der Waals surface area contributed by atoms with Crippen LogP contribution in [0.4, 0.5) is 0 Å². The SMILES string of the molecule is CC1(C)[C@@H]2CC[C@]1(C)/C(=N/NC(=O)COc1ccccc1C(N)=O)C2. The summed E-state index contributed by atoms with van der Waals surface area (Å²) in [6, 6.07) is 6.58. The third-order valence-corrected chi connectivity index (χ3v) is 6.34. The summed E-state index contributed by atoms with van der Waals surface area (Å²) in [7, 11) is 0. The van der Waals surface area contributed by atoms with E-state index in [-0.39, 0.29) is 28.9 Å². The Labute approximate surface area is 147 Å². The summed E-state index contributed by atoms with van der Waals surface area (Å²) in [6.45, 7) is 6.60. The smallest absolute Gasteiger partial charge is 0.277 e. The minimum atomic E-state index is -0.589. The van der Waals surface area contributed by atoms with Gasteiger partial charge in [-0.15, -0.1) is 0 Å². The molecule has 25 heavy (non-hydrogen) atoms. The van der Waals surface area contributed by atoms with Crippen LogP contribution in [0.25, 0.3) is 0 Å². The largest absolute Gasteiger partial charge is 0.483 e. The number of hydrogen-bond donors (Lipinski definition) is 2. The van der Waals surface area contributed by atoms with Gasteiger partial charge in [-0.2, -0.15) is 5.10 Å². The van der Waals surface area contributed by atoms with Gasteiger partial charge in [-0.05, 0) is 42.7 Å². The highest BCUT2D eigenvalue weighted by atomic mass is 16.5. The number of ether oxygens (including phenoxy) is 1. The lowest BCUT2D eigenvalue weighted by molar-refractivity contribution is -0.123. The van der Waals surface area contributed by atoms with E-state index < -0.39 is 5.91 Å². The van der Waals surface area contributed by atoms with Gasteiger partial charge in [0.25, 0.3) is 11.8 Å². The minimum absolute atomic E-state index is 0.0460. The molecule has 2 atom stereocenters. The van der Waals surface area contributed by atoms with E-state index in [2.05, 4.69) is 31.3 Å². The summed E-state index contributed by atoms with van der Waals surface area (Å²) in [5.41, 5.74) is 9.48. The zero-order valence-electron chi connectivity index (χ0n) is 15.0. The molecule has 1 aromatic rings. The van der Waals surface area contributed by atoms with E-state index in [4.69, 9.17) is 10.5 Å². The van der Waals surface area contributed by atoms with Crippen LogP contribution in [0.15, 0.2) is 29.4 Å². The number of benzene rings is 1. The van der Waals surface area contributed by atoms with Gasteiger partial charge in [0.1, 0.15) is 5.75 Å². The Morgan fingerprint density at radius 3 is 2.64 bits per heavy atom. The van der Waals surface area contributed by atoms with Gasteiger partial charge in [0, 0.05) is 11.1 Å². The van der Waals surface area contributed by atoms with Crippen molar-refractivity contribution in [1.29, 1.82) is 0 Å². The Balaban J connectivity index is 1.61. The van der Waals surface area contributed by atoms with Crippen LogP contribution in [-0.4, -0.2) is 24.1 Å². The highest BCUT2D eigenvalue weighted by Crippen LogP contribution is 2.63. The fourth-order valence-corrected chi connectivity index (χ4v) is 4.20. The molecule has 2 bridgehead atoms. The molecule has 0 aliphatic heterocycles. The van der Waals surface area contributed by atoms with Gasteiger partial charge in [0.2, 0.25) is 0 Å². The number of primary amides is 1. The third-order valence-electron chi connectivity index (χ3n) is 6.34. The molecule has 1 aromatic carbocycles. The Morgan fingerprint density at radius 1 is 1.32 bits per heavy atom. The quantitative estimate of drug-likeness (QED) is 0.804. The van der Waals surface area contributed by atoms with E-state index >= 15 is 0 Å². The maximum Gasteiger partial charge on any atom is 0.277 e.